The molecule has 0 aromatic carbocycles. The number of aliphatic hydroxyl groups excluding tert-OH is 1. The lowest BCUT2D eigenvalue weighted by atomic mass is 10.2. The second kappa shape index (κ2) is 5.54. The van der Waals surface area contributed by atoms with Crippen LogP contribution >= 0.6 is 0 Å². The molecule has 4 heteroatoms. The SMILES string of the molecule is CCC(CN)N1CCOCC(O)C1. The lowest BCUT2D eigenvalue weighted by molar-refractivity contribution is 0.0544. The summed E-state index contributed by atoms with van der Waals surface area (Å²) in [5.74, 6) is 0. The topological polar surface area (TPSA) is 58.7 Å². The third-order valence-electron chi connectivity index (χ3n) is 2.54. The molecular weight excluding hydrogens is 168 g/mol. The molecule has 2 atom stereocenters. The normalized spacial score (nSPS) is 28.4. The van der Waals surface area contributed by atoms with Gasteiger partial charge in [-0.15, -0.1) is 0 Å². The second-order valence-corrected chi connectivity index (χ2v) is 3.52. The molecule has 1 aliphatic heterocycles. The van der Waals surface area contributed by atoms with E-state index in [1.165, 1.54) is 0 Å². The zero-order valence-corrected chi connectivity index (χ0v) is 8.28. The molecule has 0 aromatic rings. The third kappa shape index (κ3) is 3.23. The van der Waals surface area contributed by atoms with Crippen molar-refractivity contribution in [3.05, 3.63) is 0 Å². The summed E-state index contributed by atoms with van der Waals surface area (Å²) in [4.78, 5) is 2.22. The molecule has 78 valence electrons. The van der Waals surface area contributed by atoms with E-state index in [0.717, 1.165) is 13.0 Å². The molecule has 0 aromatic heterocycles. The van der Waals surface area contributed by atoms with Crippen LogP contribution in [-0.4, -0.2) is 55.0 Å². The minimum atomic E-state index is -0.358. The Balaban J connectivity index is 2.45. The Labute approximate surface area is 79.7 Å². The van der Waals surface area contributed by atoms with Crippen LogP contribution in [0.25, 0.3) is 0 Å². The molecule has 1 rings (SSSR count). The molecule has 0 amide bonds. The molecule has 2 unspecified atom stereocenters. The van der Waals surface area contributed by atoms with E-state index in [-0.39, 0.29) is 6.10 Å². The summed E-state index contributed by atoms with van der Waals surface area (Å²) in [5, 5.41) is 9.49. The molecule has 0 spiro atoms. The predicted molar refractivity (Wildman–Crippen MR) is 51.5 cm³/mol. The first-order valence-electron chi connectivity index (χ1n) is 4.97. The van der Waals surface area contributed by atoms with Gasteiger partial charge in [0.1, 0.15) is 0 Å². The van der Waals surface area contributed by atoms with Crippen molar-refractivity contribution in [2.45, 2.75) is 25.5 Å². The van der Waals surface area contributed by atoms with E-state index in [1.54, 1.807) is 0 Å². The maximum atomic E-state index is 9.49. The van der Waals surface area contributed by atoms with Crippen LogP contribution in [0.4, 0.5) is 0 Å². The van der Waals surface area contributed by atoms with E-state index in [9.17, 15) is 5.11 Å². The van der Waals surface area contributed by atoms with Crippen LogP contribution in [0.2, 0.25) is 0 Å². The van der Waals surface area contributed by atoms with E-state index in [0.29, 0.717) is 32.3 Å². The number of nitrogens with two attached hydrogens (primary N) is 1. The smallest absolute Gasteiger partial charge is 0.0900 e. The maximum absolute atomic E-state index is 9.49. The number of hydrogen-bond acceptors (Lipinski definition) is 4. The number of ether oxygens (including phenoxy) is 1. The number of rotatable bonds is 3. The first-order valence-corrected chi connectivity index (χ1v) is 4.97. The van der Waals surface area contributed by atoms with Gasteiger partial charge in [-0.3, -0.25) is 4.90 Å². The lowest BCUT2D eigenvalue weighted by Gasteiger charge is -2.29. The Morgan fingerprint density at radius 2 is 2.46 bits per heavy atom. The van der Waals surface area contributed by atoms with Crippen molar-refractivity contribution >= 4 is 0 Å². The molecule has 0 aliphatic carbocycles. The van der Waals surface area contributed by atoms with Crippen molar-refractivity contribution in [3.63, 3.8) is 0 Å². The van der Waals surface area contributed by atoms with Crippen molar-refractivity contribution in [3.8, 4) is 0 Å². The van der Waals surface area contributed by atoms with Gasteiger partial charge in [0.15, 0.2) is 0 Å². The molecule has 1 heterocycles. The molecule has 1 saturated heterocycles. The number of nitrogens with zero attached hydrogens (tertiary/aromatic N) is 1. The van der Waals surface area contributed by atoms with E-state index < -0.39 is 0 Å². The summed E-state index contributed by atoms with van der Waals surface area (Å²) in [6.45, 7) is 5.51. The first-order chi connectivity index (χ1) is 6.27. The molecule has 4 nitrogen and oxygen atoms in total. The molecule has 0 radical (unpaired) electrons. The Bertz CT molecular complexity index is 140. The molecule has 0 saturated carbocycles. The number of aliphatic hydroxyl groups is 1. The van der Waals surface area contributed by atoms with Gasteiger partial charge in [0.2, 0.25) is 0 Å². The second-order valence-electron chi connectivity index (χ2n) is 3.52. The highest BCUT2D eigenvalue weighted by molar-refractivity contribution is 4.76. The summed E-state index contributed by atoms with van der Waals surface area (Å²) in [6.07, 6.45) is 0.673. The van der Waals surface area contributed by atoms with Crippen molar-refractivity contribution in [1.82, 2.24) is 4.90 Å². The van der Waals surface area contributed by atoms with E-state index in [4.69, 9.17) is 10.5 Å². The zero-order chi connectivity index (χ0) is 9.68. The average Bonchev–Trinajstić information content (AvgIpc) is 2.32. The van der Waals surface area contributed by atoms with Gasteiger partial charge in [-0.05, 0) is 6.42 Å². The van der Waals surface area contributed by atoms with E-state index >= 15 is 0 Å². The van der Waals surface area contributed by atoms with Gasteiger partial charge < -0.3 is 15.6 Å². The molecule has 0 bridgehead atoms. The maximum Gasteiger partial charge on any atom is 0.0900 e. The van der Waals surface area contributed by atoms with Crippen LogP contribution < -0.4 is 5.73 Å². The fraction of sp³-hybridized carbons (Fsp3) is 1.00. The minimum absolute atomic E-state index is 0.358. The summed E-state index contributed by atoms with van der Waals surface area (Å²) >= 11 is 0. The Hall–Kier alpha value is -0.160. The molecule has 3 N–H and O–H groups in total. The van der Waals surface area contributed by atoms with Crippen molar-refractivity contribution < 1.29 is 9.84 Å². The quantitative estimate of drug-likeness (QED) is 0.622. The van der Waals surface area contributed by atoms with E-state index in [1.807, 2.05) is 0 Å². The average molecular weight is 188 g/mol. The fourth-order valence-corrected chi connectivity index (χ4v) is 1.72. The number of hydrogen-bond donors (Lipinski definition) is 2. The highest BCUT2D eigenvalue weighted by Crippen LogP contribution is 2.07. The Kier molecular flexibility index (Phi) is 4.66. The van der Waals surface area contributed by atoms with Crippen LogP contribution in [-0.2, 0) is 4.74 Å². The molecule has 1 fully saturated rings. The monoisotopic (exact) mass is 188 g/mol. The Morgan fingerprint density at radius 3 is 3.08 bits per heavy atom. The van der Waals surface area contributed by atoms with Crippen LogP contribution in [0.3, 0.4) is 0 Å². The lowest BCUT2D eigenvalue weighted by Crippen LogP contribution is -2.44. The highest BCUT2D eigenvalue weighted by atomic mass is 16.5. The summed E-state index contributed by atoms with van der Waals surface area (Å²) in [5.41, 5.74) is 5.65. The van der Waals surface area contributed by atoms with Gasteiger partial charge in [0.25, 0.3) is 0 Å². The van der Waals surface area contributed by atoms with Crippen molar-refractivity contribution in [2.75, 3.05) is 32.8 Å². The van der Waals surface area contributed by atoms with Crippen LogP contribution in [0.15, 0.2) is 0 Å². The van der Waals surface area contributed by atoms with Gasteiger partial charge in [-0.2, -0.15) is 0 Å². The summed E-state index contributed by atoms with van der Waals surface area (Å²) in [6, 6.07) is 0.386. The summed E-state index contributed by atoms with van der Waals surface area (Å²) < 4.78 is 5.24. The van der Waals surface area contributed by atoms with Gasteiger partial charge in [-0.1, -0.05) is 6.92 Å². The molecule has 1 aliphatic rings. The van der Waals surface area contributed by atoms with Gasteiger partial charge in [0.05, 0.1) is 19.3 Å². The minimum Gasteiger partial charge on any atom is -0.389 e. The number of β-amino-alcohol motifs (C(OH)–C–C–N with tert-alkyl or cyclic N) is 1. The molecular formula is C9H20N2O2. The predicted octanol–water partition coefficient (Wildman–Crippen LogP) is -0.583. The van der Waals surface area contributed by atoms with Crippen molar-refractivity contribution in [2.24, 2.45) is 5.73 Å². The van der Waals surface area contributed by atoms with Crippen molar-refractivity contribution in [1.29, 1.82) is 0 Å². The molecule has 13 heavy (non-hydrogen) atoms. The third-order valence-corrected chi connectivity index (χ3v) is 2.54. The summed E-state index contributed by atoms with van der Waals surface area (Å²) in [7, 11) is 0. The largest absolute Gasteiger partial charge is 0.389 e. The van der Waals surface area contributed by atoms with Crippen LogP contribution in [0, 0.1) is 0 Å². The van der Waals surface area contributed by atoms with Gasteiger partial charge in [-0.25, -0.2) is 0 Å². The highest BCUT2D eigenvalue weighted by Gasteiger charge is 2.21. The first kappa shape index (κ1) is 10.9. The van der Waals surface area contributed by atoms with Gasteiger partial charge >= 0.3 is 0 Å². The van der Waals surface area contributed by atoms with Gasteiger partial charge in [0, 0.05) is 25.7 Å². The van der Waals surface area contributed by atoms with Crippen LogP contribution in [0.1, 0.15) is 13.3 Å². The standard InChI is InChI=1S/C9H20N2O2/c1-2-8(5-10)11-3-4-13-7-9(12)6-11/h8-9,12H,2-7,10H2,1H3. The van der Waals surface area contributed by atoms with Crippen LogP contribution in [0.5, 0.6) is 0 Å². The fourth-order valence-electron chi connectivity index (χ4n) is 1.72. The van der Waals surface area contributed by atoms with E-state index in [2.05, 4.69) is 11.8 Å². The zero-order valence-electron chi connectivity index (χ0n) is 8.28. The Morgan fingerprint density at radius 1 is 1.69 bits per heavy atom.